The van der Waals surface area contributed by atoms with E-state index in [0.717, 1.165) is 38.4 Å². The van der Waals surface area contributed by atoms with Crippen LogP contribution in [0.2, 0.25) is 0 Å². The summed E-state index contributed by atoms with van der Waals surface area (Å²) in [7, 11) is 0. The molecule has 0 amide bonds. The molecule has 26 heavy (non-hydrogen) atoms. The third-order valence-electron chi connectivity index (χ3n) is 4.97. The van der Waals surface area contributed by atoms with Gasteiger partial charge in [-0.15, -0.1) is 17.3 Å². The monoisotopic (exact) mass is 367 g/mol. The minimum absolute atomic E-state index is 0. The fourth-order valence-electron chi connectivity index (χ4n) is 3.56. The zero-order valence-corrected chi connectivity index (χ0v) is 15.4. The largest absolute Gasteiger partial charge is 0.369 e. The maximum atomic E-state index is 10.5. The summed E-state index contributed by atoms with van der Waals surface area (Å²) < 4.78 is 0. The van der Waals surface area contributed by atoms with E-state index < -0.39 is 0 Å². The molecular weight excluding hydrogens is 346 g/mol. The number of benzene rings is 3. The summed E-state index contributed by atoms with van der Waals surface area (Å²) in [6, 6.07) is 22.7. The number of piperazine rings is 1. The van der Waals surface area contributed by atoms with E-state index in [1.54, 1.807) is 12.1 Å². The Balaban J connectivity index is 0.00000196. The predicted octanol–water partition coefficient (Wildman–Crippen LogP) is 4.98. The third-order valence-corrected chi connectivity index (χ3v) is 4.97. The molecule has 0 bridgehead atoms. The topological polar surface area (TPSA) is 35.9 Å². The number of hydrogen-bond acceptors (Lipinski definition) is 4. The molecule has 0 aromatic heterocycles. The summed E-state index contributed by atoms with van der Waals surface area (Å²) in [5.74, 6) is 0. The molecule has 134 valence electrons. The molecule has 4 rings (SSSR count). The Morgan fingerprint density at radius 2 is 1.50 bits per heavy atom. The predicted molar refractivity (Wildman–Crippen MR) is 111 cm³/mol. The fraction of sp³-hybridized carbons (Fsp3) is 0.238. The van der Waals surface area contributed by atoms with Gasteiger partial charge < -0.3 is 4.90 Å². The van der Waals surface area contributed by atoms with E-state index >= 15 is 0 Å². The van der Waals surface area contributed by atoms with Gasteiger partial charge in [-0.25, -0.2) is 0 Å². The number of rotatable bonds is 4. The molecule has 0 spiro atoms. The summed E-state index contributed by atoms with van der Waals surface area (Å²) in [4.78, 5) is 15.4. The fourth-order valence-corrected chi connectivity index (χ4v) is 3.56. The molecule has 0 radical (unpaired) electrons. The SMILES string of the molecule is Cl.O=Nc1ccc(N2CCN(Cc3cccc4ccccc34)CC2)cc1. The molecule has 1 fully saturated rings. The highest BCUT2D eigenvalue weighted by Gasteiger charge is 2.18. The lowest BCUT2D eigenvalue weighted by atomic mass is 10.0. The van der Waals surface area contributed by atoms with Crippen LogP contribution in [0.4, 0.5) is 11.4 Å². The summed E-state index contributed by atoms with van der Waals surface area (Å²) in [5, 5.41) is 5.62. The molecular formula is C21H22ClN3O. The van der Waals surface area contributed by atoms with Gasteiger partial charge in [-0.1, -0.05) is 42.5 Å². The van der Waals surface area contributed by atoms with Crippen molar-refractivity contribution < 1.29 is 0 Å². The molecule has 1 saturated heterocycles. The zero-order valence-electron chi connectivity index (χ0n) is 14.5. The quantitative estimate of drug-likeness (QED) is 0.610. The Labute approximate surface area is 159 Å². The van der Waals surface area contributed by atoms with E-state index in [1.807, 2.05) is 12.1 Å². The van der Waals surface area contributed by atoms with Crippen molar-refractivity contribution in [2.45, 2.75) is 6.54 Å². The lowest BCUT2D eigenvalue weighted by Gasteiger charge is -2.36. The van der Waals surface area contributed by atoms with Gasteiger partial charge in [0.25, 0.3) is 0 Å². The van der Waals surface area contributed by atoms with Gasteiger partial charge in [0.1, 0.15) is 5.69 Å². The third kappa shape index (κ3) is 3.87. The van der Waals surface area contributed by atoms with Crippen molar-refractivity contribution in [3.05, 3.63) is 77.2 Å². The van der Waals surface area contributed by atoms with Gasteiger partial charge in [-0.2, -0.15) is 0 Å². The molecule has 0 N–H and O–H groups in total. The van der Waals surface area contributed by atoms with Crippen molar-refractivity contribution in [3.8, 4) is 0 Å². The first-order chi connectivity index (χ1) is 12.3. The van der Waals surface area contributed by atoms with Gasteiger partial charge >= 0.3 is 0 Å². The van der Waals surface area contributed by atoms with Crippen LogP contribution >= 0.6 is 12.4 Å². The average molecular weight is 368 g/mol. The Morgan fingerprint density at radius 3 is 2.23 bits per heavy atom. The molecule has 4 nitrogen and oxygen atoms in total. The van der Waals surface area contributed by atoms with Crippen molar-refractivity contribution in [2.24, 2.45) is 5.18 Å². The lowest BCUT2D eigenvalue weighted by molar-refractivity contribution is 0.250. The second-order valence-electron chi connectivity index (χ2n) is 6.51. The minimum atomic E-state index is 0. The van der Waals surface area contributed by atoms with E-state index in [-0.39, 0.29) is 12.4 Å². The first kappa shape index (κ1) is 18.4. The van der Waals surface area contributed by atoms with Crippen LogP contribution in [0.15, 0.2) is 71.9 Å². The van der Waals surface area contributed by atoms with E-state index in [1.165, 1.54) is 16.3 Å². The normalized spacial score (nSPS) is 14.8. The van der Waals surface area contributed by atoms with Crippen LogP contribution in [0.25, 0.3) is 10.8 Å². The minimum Gasteiger partial charge on any atom is -0.369 e. The highest BCUT2D eigenvalue weighted by Crippen LogP contribution is 2.23. The second kappa shape index (κ2) is 8.30. The maximum absolute atomic E-state index is 10.5. The highest BCUT2D eigenvalue weighted by molar-refractivity contribution is 5.86. The molecule has 1 aliphatic rings. The summed E-state index contributed by atoms with van der Waals surface area (Å²) in [6.07, 6.45) is 0. The van der Waals surface area contributed by atoms with Crippen molar-refractivity contribution in [3.63, 3.8) is 0 Å². The van der Waals surface area contributed by atoms with Crippen LogP contribution in [0.3, 0.4) is 0 Å². The number of halogens is 1. The van der Waals surface area contributed by atoms with Crippen molar-refractivity contribution in [1.82, 2.24) is 4.90 Å². The van der Waals surface area contributed by atoms with Gasteiger partial charge in [0.05, 0.1) is 0 Å². The Hall–Kier alpha value is -2.43. The average Bonchev–Trinajstić information content (AvgIpc) is 2.69. The molecule has 0 saturated carbocycles. The number of nitroso groups, excluding NO2 is 1. The van der Waals surface area contributed by atoms with Crippen LogP contribution in [0.5, 0.6) is 0 Å². The number of anilines is 1. The van der Waals surface area contributed by atoms with Gasteiger partial charge in [0.15, 0.2) is 0 Å². The standard InChI is InChI=1S/C21H21N3O.ClH/c25-22-19-8-10-20(11-9-19)24-14-12-23(13-15-24)16-18-6-3-5-17-4-1-2-7-21(17)18;/h1-11H,12-16H2;1H. The van der Waals surface area contributed by atoms with Crippen LogP contribution < -0.4 is 4.90 Å². The number of fused-ring (bicyclic) bond motifs is 1. The Morgan fingerprint density at radius 1 is 0.808 bits per heavy atom. The summed E-state index contributed by atoms with van der Waals surface area (Å²) >= 11 is 0. The molecule has 0 atom stereocenters. The Kier molecular flexibility index (Phi) is 5.86. The van der Waals surface area contributed by atoms with Gasteiger partial charge in [0.2, 0.25) is 0 Å². The zero-order chi connectivity index (χ0) is 17.1. The second-order valence-corrected chi connectivity index (χ2v) is 6.51. The van der Waals surface area contributed by atoms with Gasteiger partial charge in [0, 0.05) is 38.4 Å². The van der Waals surface area contributed by atoms with Gasteiger partial charge in [-0.05, 0) is 45.8 Å². The Bertz CT molecular complexity index is 869. The molecule has 0 unspecified atom stereocenters. The molecule has 3 aromatic rings. The number of hydrogen-bond donors (Lipinski definition) is 0. The molecule has 1 heterocycles. The molecule has 5 heteroatoms. The van der Waals surface area contributed by atoms with Crippen LogP contribution in [-0.4, -0.2) is 31.1 Å². The van der Waals surface area contributed by atoms with E-state index in [2.05, 4.69) is 57.4 Å². The summed E-state index contributed by atoms with van der Waals surface area (Å²) in [6.45, 7) is 5.06. The first-order valence-electron chi connectivity index (χ1n) is 8.71. The maximum Gasteiger partial charge on any atom is 0.108 e. The number of nitrogens with zero attached hydrogens (tertiary/aromatic N) is 3. The van der Waals surface area contributed by atoms with Crippen molar-refractivity contribution in [1.29, 1.82) is 0 Å². The molecule has 0 aliphatic carbocycles. The van der Waals surface area contributed by atoms with Crippen LogP contribution in [0.1, 0.15) is 5.56 Å². The smallest absolute Gasteiger partial charge is 0.108 e. The van der Waals surface area contributed by atoms with E-state index in [0.29, 0.717) is 5.69 Å². The molecule has 3 aromatic carbocycles. The van der Waals surface area contributed by atoms with E-state index in [4.69, 9.17) is 0 Å². The van der Waals surface area contributed by atoms with Crippen LogP contribution in [0, 0.1) is 4.91 Å². The summed E-state index contributed by atoms with van der Waals surface area (Å²) in [5.41, 5.74) is 3.04. The molecule has 1 aliphatic heterocycles. The van der Waals surface area contributed by atoms with Gasteiger partial charge in [-0.3, -0.25) is 4.90 Å². The highest BCUT2D eigenvalue weighted by atomic mass is 35.5. The van der Waals surface area contributed by atoms with Crippen molar-refractivity contribution in [2.75, 3.05) is 31.1 Å². The first-order valence-corrected chi connectivity index (χ1v) is 8.71. The lowest BCUT2D eigenvalue weighted by Crippen LogP contribution is -2.45. The van der Waals surface area contributed by atoms with Crippen molar-refractivity contribution >= 4 is 34.6 Å². The van der Waals surface area contributed by atoms with Crippen LogP contribution in [-0.2, 0) is 6.54 Å². The van der Waals surface area contributed by atoms with E-state index in [9.17, 15) is 4.91 Å².